The van der Waals surface area contributed by atoms with Gasteiger partial charge in [-0.1, -0.05) is 5.21 Å². The van der Waals surface area contributed by atoms with Gasteiger partial charge in [0.25, 0.3) is 6.43 Å². The predicted octanol–water partition coefficient (Wildman–Crippen LogP) is 0.819. The summed E-state index contributed by atoms with van der Waals surface area (Å²) in [5.74, 6) is 0. The number of halogens is 2. The molecule has 0 aliphatic rings. The first-order chi connectivity index (χ1) is 5.66. The van der Waals surface area contributed by atoms with Crippen LogP contribution in [0.3, 0.4) is 0 Å². The number of nitrogens with zero attached hydrogens (tertiary/aromatic N) is 4. The van der Waals surface area contributed by atoms with E-state index < -0.39 is 6.43 Å². The van der Waals surface area contributed by atoms with E-state index in [2.05, 4.69) is 10.3 Å². The molecular formula is C6H6F2N4. The van der Waals surface area contributed by atoms with Crippen molar-refractivity contribution in [1.82, 2.24) is 15.0 Å². The van der Waals surface area contributed by atoms with Crippen molar-refractivity contribution in [2.75, 3.05) is 0 Å². The lowest BCUT2D eigenvalue weighted by atomic mass is 10.2. The van der Waals surface area contributed by atoms with Crippen LogP contribution in [0, 0.1) is 11.3 Å². The maximum Gasteiger partial charge on any atom is 0.281 e. The van der Waals surface area contributed by atoms with Gasteiger partial charge in [0.2, 0.25) is 0 Å². The number of nitriles is 1. The number of hydrogen-bond acceptors (Lipinski definition) is 3. The Morgan fingerprint density at radius 3 is 2.83 bits per heavy atom. The van der Waals surface area contributed by atoms with Gasteiger partial charge in [-0.05, 0) is 0 Å². The van der Waals surface area contributed by atoms with Gasteiger partial charge in [0, 0.05) is 7.05 Å². The van der Waals surface area contributed by atoms with Crippen molar-refractivity contribution in [2.45, 2.75) is 12.8 Å². The van der Waals surface area contributed by atoms with Crippen molar-refractivity contribution < 1.29 is 8.78 Å². The summed E-state index contributed by atoms with van der Waals surface area (Å²) in [4.78, 5) is 0. The summed E-state index contributed by atoms with van der Waals surface area (Å²) in [6.45, 7) is 0. The van der Waals surface area contributed by atoms with Crippen molar-refractivity contribution in [2.24, 2.45) is 7.05 Å². The zero-order chi connectivity index (χ0) is 9.14. The van der Waals surface area contributed by atoms with Gasteiger partial charge in [0.1, 0.15) is 11.4 Å². The predicted molar refractivity (Wildman–Crippen MR) is 35.3 cm³/mol. The average molecular weight is 172 g/mol. The number of alkyl halides is 2. The van der Waals surface area contributed by atoms with E-state index in [0.29, 0.717) is 0 Å². The van der Waals surface area contributed by atoms with E-state index in [4.69, 9.17) is 5.26 Å². The molecule has 1 aromatic rings. The highest BCUT2D eigenvalue weighted by molar-refractivity contribution is 5.14. The van der Waals surface area contributed by atoms with Crippen molar-refractivity contribution in [3.8, 4) is 6.07 Å². The average Bonchev–Trinajstić information content (AvgIpc) is 2.32. The van der Waals surface area contributed by atoms with Crippen LogP contribution in [0.25, 0.3) is 0 Å². The first-order valence-electron chi connectivity index (χ1n) is 3.20. The quantitative estimate of drug-likeness (QED) is 0.663. The van der Waals surface area contributed by atoms with Crippen LogP contribution in [-0.2, 0) is 13.5 Å². The van der Waals surface area contributed by atoms with E-state index in [-0.39, 0.29) is 17.8 Å². The molecule has 4 nitrogen and oxygen atoms in total. The number of hydrogen-bond donors (Lipinski definition) is 0. The maximum atomic E-state index is 12.2. The smallest absolute Gasteiger partial charge is 0.246 e. The first-order valence-corrected chi connectivity index (χ1v) is 3.20. The standard InChI is InChI=1S/C6H6F2N4/c1-12-5(6(7)8)4(2-3-9)10-11-12/h6H,2H2,1H3. The minimum absolute atomic E-state index is 0.0509. The van der Waals surface area contributed by atoms with Crippen LogP contribution in [0.5, 0.6) is 0 Å². The molecular weight excluding hydrogens is 166 g/mol. The van der Waals surface area contributed by atoms with Gasteiger partial charge in [0.05, 0.1) is 12.5 Å². The lowest BCUT2D eigenvalue weighted by Gasteiger charge is -1.98. The van der Waals surface area contributed by atoms with Crippen molar-refractivity contribution in [3.63, 3.8) is 0 Å². The summed E-state index contributed by atoms with van der Waals surface area (Å²) in [6, 6.07) is 1.74. The van der Waals surface area contributed by atoms with E-state index >= 15 is 0 Å². The zero-order valence-electron chi connectivity index (χ0n) is 6.33. The molecule has 0 fully saturated rings. The Hall–Kier alpha value is -1.51. The number of aromatic nitrogens is 3. The Bertz CT molecular complexity index is 312. The Labute approximate surface area is 67.4 Å². The molecule has 0 amide bonds. The fraction of sp³-hybridized carbons (Fsp3) is 0.500. The van der Waals surface area contributed by atoms with Gasteiger partial charge < -0.3 is 0 Å². The highest BCUT2D eigenvalue weighted by Crippen LogP contribution is 2.20. The molecule has 0 aromatic carbocycles. The molecule has 0 saturated carbocycles. The molecule has 6 heteroatoms. The van der Waals surface area contributed by atoms with Gasteiger partial charge in [-0.25, -0.2) is 13.5 Å². The third-order valence-electron chi connectivity index (χ3n) is 1.40. The van der Waals surface area contributed by atoms with Crippen LogP contribution in [0.1, 0.15) is 17.8 Å². The molecule has 0 aliphatic carbocycles. The second-order valence-electron chi connectivity index (χ2n) is 2.18. The van der Waals surface area contributed by atoms with Crippen LogP contribution in [0.4, 0.5) is 8.78 Å². The largest absolute Gasteiger partial charge is 0.281 e. The van der Waals surface area contributed by atoms with Crippen LogP contribution >= 0.6 is 0 Å². The van der Waals surface area contributed by atoms with Gasteiger partial charge in [0.15, 0.2) is 0 Å². The number of aryl methyl sites for hydroxylation is 1. The zero-order valence-corrected chi connectivity index (χ0v) is 6.33. The highest BCUT2D eigenvalue weighted by Gasteiger charge is 2.19. The lowest BCUT2D eigenvalue weighted by Crippen LogP contribution is -2.00. The molecule has 0 spiro atoms. The van der Waals surface area contributed by atoms with E-state index in [0.717, 1.165) is 4.68 Å². The third kappa shape index (κ3) is 1.39. The summed E-state index contributed by atoms with van der Waals surface area (Å²) in [6.07, 6.45) is -2.76. The Balaban J connectivity index is 3.05. The van der Waals surface area contributed by atoms with Crippen LogP contribution in [0.15, 0.2) is 0 Å². The molecule has 0 N–H and O–H groups in total. The maximum absolute atomic E-state index is 12.2. The van der Waals surface area contributed by atoms with Crippen molar-refractivity contribution in [1.29, 1.82) is 5.26 Å². The van der Waals surface area contributed by atoms with E-state index in [9.17, 15) is 8.78 Å². The summed E-state index contributed by atoms with van der Waals surface area (Å²) < 4.78 is 25.5. The van der Waals surface area contributed by atoms with Gasteiger partial charge in [-0.2, -0.15) is 5.26 Å². The monoisotopic (exact) mass is 172 g/mol. The minimum atomic E-state index is -2.63. The normalized spacial score (nSPS) is 10.2. The van der Waals surface area contributed by atoms with E-state index in [1.807, 2.05) is 0 Å². The lowest BCUT2D eigenvalue weighted by molar-refractivity contribution is 0.140. The molecule has 0 atom stereocenters. The molecule has 0 saturated heterocycles. The highest BCUT2D eigenvalue weighted by atomic mass is 19.3. The molecule has 1 rings (SSSR count). The molecule has 0 radical (unpaired) electrons. The first kappa shape index (κ1) is 8.59. The second kappa shape index (κ2) is 3.26. The summed E-state index contributed by atoms with van der Waals surface area (Å²) in [5.41, 5.74) is -0.230. The van der Waals surface area contributed by atoms with E-state index in [1.54, 1.807) is 6.07 Å². The van der Waals surface area contributed by atoms with Crippen LogP contribution in [-0.4, -0.2) is 15.0 Å². The van der Waals surface area contributed by atoms with Crippen molar-refractivity contribution >= 4 is 0 Å². The fourth-order valence-electron chi connectivity index (χ4n) is 0.875. The molecule has 0 bridgehead atoms. The second-order valence-corrected chi connectivity index (χ2v) is 2.18. The summed E-state index contributed by atoms with van der Waals surface area (Å²) in [5, 5.41) is 15.1. The summed E-state index contributed by atoms with van der Waals surface area (Å²) >= 11 is 0. The molecule has 12 heavy (non-hydrogen) atoms. The Morgan fingerprint density at radius 1 is 1.67 bits per heavy atom. The van der Waals surface area contributed by atoms with Gasteiger partial charge in [-0.15, -0.1) is 5.10 Å². The Kier molecular flexibility index (Phi) is 2.33. The van der Waals surface area contributed by atoms with Gasteiger partial charge >= 0.3 is 0 Å². The molecule has 64 valence electrons. The van der Waals surface area contributed by atoms with Crippen LogP contribution in [0.2, 0.25) is 0 Å². The minimum Gasteiger partial charge on any atom is -0.246 e. The third-order valence-corrected chi connectivity index (χ3v) is 1.40. The molecule has 1 heterocycles. The van der Waals surface area contributed by atoms with Crippen LogP contribution < -0.4 is 0 Å². The fourth-order valence-corrected chi connectivity index (χ4v) is 0.875. The molecule has 0 unspecified atom stereocenters. The van der Waals surface area contributed by atoms with E-state index in [1.165, 1.54) is 7.05 Å². The topological polar surface area (TPSA) is 54.5 Å². The molecule has 1 aromatic heterocycles. The van der Waals surface area contributed by atoms with Gasteiger partial charge in [-0.3, -0.25) is 0 Å². The molecule has 0 aliphatic heterocycles. The SMILES string of the molecule is Cn1nnc(CC#N)c1C(F)F. The number of rotatable bonds is 2. The Morgan fingerprint density at radius 2 is 2.33 bits per heavy atom. The summed E-state index contributed by atoms with van der Waals surface area (Å²) in [7, 11) is 1.37. The van der Waals surface area contributed by atoms with Crippen molar-refractivity contribution in [3.05, 3.63) is 11.4 Å².